The van der Waals surface area contributed by atoms with Crippen molar-refractivity contribution in [1.29, 1.82) is 0 Å². The second kappa shape index (κ2) is 5.37. The van der Waals surface area contributed by atoms with E-state index in [1.807, 2.05) is 0 Å². The van der Waals surface area contributed by atoms with E-state index in [4.69, 9.17) is 29.1 Å². The number of hydrogen-bond donors (Lipinski definition) is 2. The number of aromatic nitrogens is 3. The molecule has 0 saturated heterocycles. The van der Waals surface area contributed by atoms with Crippen LogP contribution >= 0.6 is 23.4 Å². The summed E-state index contributed by atoms with van der Waals surface area (Å²) in [5.74, 6) is -0.0566. The fraction of sp³-hybridized carbons (Fsp3) is 0. The first-order valence-corrected chi connectivity index (χ1v) is 7.13. The van der Waals surface area contributed by atoms with Gasteiger partial charge in [-0.2, -0.15) is 8.42 Å². The van der Waals surface area contributed by atoms with Gasteiger partial charge in [0.1, 0.15) is 9.92 Å². The van der Waals surface area contributed by atoms with Crippen molar-refractivity contribution in [1.82, 2.24) is 15.4 Å². The van der Waals surface area contributed by atoms with Crippen LogP contribution in [-0.4, -0.2) is 28.4 Å². The molecule has 8 nitrogen and oxygen atoms in total. The minimum absolute atomic E-state index is 0.0405. The highest BCUT2D eigenvalue weighted by Gasteiger charge is 2.23. The molecule has 1 heterocycles. The number of hydrogen-bond acceptors (Lipinski definition) is 7. The molecule has 0 atom stereocenters. The van der Waals surface area contributed by atoms with Crippen molar-refractivity contribution in [2.45, 2.75) is 4.90 Å². The monoisotopic (exact) mass is 335 g/mol. The van der Waals surface area contributed by atoms with Crippen molar-refractivity contribution in [3.8, 4) is 0 Å². The van der Waals surface area contributed by atoms with E-state index in [2.05, 4.69) is 15.4 Å². The van der Waals surface area contributed by atoms with Crippen LogP contribution in [-0.2, 0) is 10.1 Å². The molecular weight excluding hydrogens is 329 g/mol. The Bertz CT molecular complexity index is 755. The molecule has 0 spiro atoms. The predicted octanol–water partition coefficient (Wildman–Crippen LogP) is 1.65. The zero-order chi connectivity index (χ0) is 14.9. The van der Waals surface area contributed by atoms with Gasteiger partial charge in [-0.05, 0) is 23.4 Å². The van der Waals surface area contributed by atoms with Crippen LogP contribution in [0.15, 0.2) is 29.3 Å². The molecule has 0 bridgehead atoms. The van der Waals surface area contributed by atoms with E-state index >= 15 is 0 Å². The highest BCUT2D eigenvalue weighted by atomic mass is 35.5. The molecule has 106 valence electrons. The summed E-state index contributed by atoms with van der Waals surface area (Å²) in [6.07, 6.45) is 1.18. The molecule has 0 amide bonds. The van der Waals surface area contributed by atoms with Gasteiger partial charge in [0.25, 0.3) is 10.1 Å². The third kappa shape index (κ3) is 2.90. The first kappa shape index (κ1) is 14.7. The van der Waals surface area contributed by atoms with E-state index in [1.54, 1.807) is 0 Å². The van der Waals surface area contributed by atoms with Crippen molar-refractivity contribution in [2.24, 2.45) is 0 Å². The zero-order valence-electron chi connectivity index (χ0n) is 9.60. The Hall–Kier alpha value is -1.68. The molecule has 1 aromatic heterocycles. The van der Waals surface area contributed by atoms with Gasteiger partial charge in [-0.25, -0.2) is 4.42 Å². The van der Waals surface area contributed by atoms with E-state index in [1.165, 1.54) is 18.3 Å². The Morgan fingerprint density at radius 3 is 2.65 bits per heavy atom. The van der Waals surface area contributed by atoms with Gasteiger partial charge in [-0.1, -0.05) is 11.6 Å². The number of nitrogens with two attached hydrogens (primary N) is 1. The molecule has 0 aliphatic rings. The highest BCUT2D eigenvalue weighted by Crippen LogP contribution is 2.36. The summed E-state index contributed by atoms with van der Waals surface area (Å²) in [6, 6.07) is 3.66. The Kier molecular flexibility index (Phi) is 3.95. The number of anilines is 3. The molecule has 0 unspecified atom stereocenters. The van der Waals surface area contributed by atoms with Gasteiger partial charge in [0.15, 0.2) is 5.82 Å². The summed E-state index contributed by atoms with van der Waals surface area (Å²) in [5.41, 5.74) is 5.70. The van der Waals surface area contributed by atoms with E-state index in [9.17, 15) is 13.0 Å². The molecule has 2 rings (SSSR count). The SMILES string of the molecule is Nc1ccc(S(=O)(=O)O)c(N(Cl)c2nnncc2Cl)c1. The van der Waals surface area contributed by atoms with Gasteiger partial charge in [-0.15, -0.1) is 10.2 Å². The molecular formula is C9H7Cl2N5O3S. The van der Waals surface area contributed by atoms with Crippen LogP contribution in [0.1, 0.15) is 0 Å². The number of halogens is 2. The standard InChI is InChI=1S/C9H7Cl2N5O3S/c10-6-4-13-15-14-9(6)16(11)7-3-5(12)1-2-8(7)20(17,18)19/h1-4H,12H2,(H,17,18,19). The van der Waals surface area contributed by atoms with E-state index in [-0.39, 0.29) is 22.2 Å². The maximum Gasteiger partial charge on any atom is 0.296 e. The molecule has 0 radical (unpaired) electrons. The summed E-state index contributed by atoms with van der Waals surface area (Å²) in [4.78, 5) is -0.448. The van der Waals surface area contributed by atoms with Crippen LogP contribution in [0.5, 0.6) is 0 Å². The van der Waals surface area contributed by atoms with Gasteiger partial charge >= 0.3 is 0 Å². The van der Waals surface area contributed by atoms with E-state index in [0.717, 1.165) is 10.5 Å². The topological polar surface area (TPSA) is 122 Å². The Morgan fingerprint density at radius 2 is 2.05 bits per heavy atom. The number of rotatable bonds is 3. The van der Waals surface area contributed by atoms with Crippen LogP contribution in [0.3, 0.4) is 0 Å². The molecule has 0 aliphatic carbocycles. The molecule has 20 heavy (non-hydrogen) atoms. The van der Waals surface area contributed by atoms with Crippen molar-refractivity contribution in [2.75, 3.05) is 10.2 Å². The zero-order valence-corrected chi connectivity index (χ0v) is 11.9. The Balaban J connectivity index is 2.63. The molecule has 11 heteroatoms. The number of nitrogens with zero attached hydrogens (tertiary/aromatic N) is 4. The summed E-state index contributed by atoms with van der Waals surface area (Å²) in [5, 5.41) is 10.4. The van der Waals surface area contributed by atoms with Crippen molar-refractivity contribution in [3.63, 3.8) is 0 Å². The third-order valence-electron chi connectivity index (χ3n) is 2.23. The summed E-state index contributed by atoms with van der Waals surface area (Å²) in [7, 11) is -4.50. The second-order valence-electron chi connectivity index (χ2n) is 3.59. The quantitative estimate of drug-likeness (QED) is 0.493. The fourth-order valence-electron chi connectivity index (χ4n) is 1.40. The number of nitrogen functional groups attached to an aromatic ring is 1. The van der Waals surface area contributed by atoms with Gasteiger partial charge < -0.3 is 5.73 Å². The number of benzene rings is 1. The van der Waals surface area contributed by atoms with Gasteiger partial charge in [-0.3, -0.25) is 4.55 Å². The van der Waals surface area contributed by atoms with Gasteiger partial charge in [0.2, 0.25) is 0 Å². The molecule has 3 N–H and O–H groups in total. The summed E-state index contributed by atoms with van der Waals surface area (Å²) < 4.78 is 32.7. The minimum atomic E-state index is -4.50. The average molecular weight is 336 g/mol. The molecule has 0 aliphatic heterocycles. The van der Waals surface area contributed by atoms with E-state index < -0.39 is 15.0 Å². The van der Waals surface area contributed by atoms with Crippen LogP contribution < -0.4 is 10.2 Å². The van der Waals surface area contributed by atoms with E-state index in [0.29, 0.717) is 0 Å². The summed E-state index contributed by atoms with van der Waals surface area (Å²) >= 11 is 11.8. The Labute approximate surface area is 124 Å². The van der Waals surface area contributed by atoms with Crippen LogP contribution in [0.25, 0.3) is 0 Å². The lowest BCUT2D eigenvalue weighted by Gasteiger charge is -2.17. The highest BCUT2D eigenvalue weighted by molar-refractivity contribution is 7.86. The molecule has 1 aromatic carbocycles. The fourth-order valence-corrected chi connectivity index (χ4v) is 2.58. The van der Waals surface area contributed by atoms with Crippen molar-refractivity contribution < 1.29 is 13.0 Å². The van der Waals surface area contributed by atoms with Gasteiger partial charge in [0, 0.05) is 17.5 Å². The van der Waals surface area contributed by atoms with Crippen molar-refractivity contribution in [3.05, 3.63) is 29.4 Å². The lowest BCUT2D eigenvalue weighted by Crippen LogP contribution is -2.12. The lowest BCUT2D eigenvalue weighted by atomic mass is 10.3. The maximum atomic E-state index is 11.3. The first-order valence-electron chi connectivity index (χ1n) is 4.97. The van der Waals surface area contributed by atoms with Crippen LogP contribution in [0.2, 0.25) is 5.02 Å². The second-order valence-corrected chi connectivity index (χ2v) is 5.72. The third-order valence-corrected chi connectivity index (χ3v) is 3.74. The first-order chi connectivity index (χ1) is 9.30. The maximum absolute atomic E-state index is 11.3. The molecule has 0 saturated carbocycles. The lowest BCUT2D eigenvalue weighted by molar-refractivity contribution is 0.483. The largest absolute Gasteiger partial charge is 0.399 e. The van der Waals surface area contributed by atoms with Crippen LogP contribution in [0.4, 0.5) is 17.2 Å². The molecule has 2 aromatic rings. The van der Waals surface area contributed by atoms with Crippen LogP contribution in [0, 0.1) is 0 Å². The Morgan fingerprint density at radius 1 is 1.35 bits per heavy atom. The normalized spacial score (nSPS) is 11.3. The average Bonchev–Trinajstić information content (AvgIpc) is 2.37. The van der Waals surface area contributed by atoms with Crippen molar-refractivity contribution >= 4 is 50.7 Å². The predicted molar refractivity (Wildman–Crippen MR) is 73.5 cm³/mol. The smallest absolute Gasteiger partial charge is 0.296 e. The molecule has 0 fully saturated rings. The minimum Gasteiger partial charge on any atom is -0.399 e. The summed E-state index contributed by atoms with van der Waals surface area (Å²) in [6.45, 7) is 0. The van der Waals surface area contributed by atoms with Gasteiger partial charge in [0.05, 0.1) is 11.9 Å².